The third kappa shape index (κ3) is 2.14. The minimum absolute atomic E-state index is 0.0726. The minimum atomic E-state index is -0.380. The second kappa shape index (κ2) is 4.74. The predicted octanol–water partition coefficient (Wildman–Crippen LogP) is 1.21. The van der Waals surface area contributed by atoms with Crippen molar-refractivity contribution in [1.82, 2.24) is 5.32 Å². The van der Waals surface area contributed by atoms with E-state index in [4.69, 9.17) is 14.2 Å². The van der Waals surface area contributed by atoms with Gasteiger partial charge in [0.25, 0.3) is 0 Å². The van der Waals surface area contributed by atoms with Crippen molar-refractivity contribution in [3.63, 3.8) is 0 Å². The standard InChI is InChI=1S/C14H17NO4/c1-17-7-6-15-13(16)14(4-5-14)10-2-3-11-12(8-10)19-9-18-11/h2-3,8H,4-7,9H2,1H3,(H,15,16). The summed E-state index contributed by atoms with van der Waals surface area (Å²) in [6.45, 7) is 1.33. The highest BCUT2D eigenvalue weighted by molar-refractivity contribution is 5.91. The number of amides is 1. The Balaban J connectivity index is 1.75. The molecule has 1 aromatic rings. The first kappa shape index (κ1) is 12.3. The maximum absolute atomic E-state index is 12.3. The molecule has 1 aliphatic heterocycles. The molecule has 102 valence electrons. The lowest BCUT2D eigenvalue weighted by atomic mass is 9.94. The molecule has 1 aliphatic carbocycles. The van der Waals surface area contributed by atoms with Crippen LogP contribution in [0.4, 0.5) is 0 Å². The summed E-state index contributed by atoms with van der Waals surface area (Å²) in [5, 5.41) is 2.92. The van der Waals surface area contributed by atoms with E-state index in [1.165, 1.54) is 0 Å². The van der Waals surface area contributed by atoms with Crippen LogP contribution in [0.25, 0.3) is 0 Å². The summed E-state index contributed by atoms with van der Waals surface area (Å²) in [5.41, 5.74) is 0.626. The zero-order valence-electron chi connectivity index (χ0n) is 10.9. The van der Waals surface area contributed by atoms with Crippen molar-refractivity contribution in [3.8, 4) is 11.5 Å². The molecule has 0 aromatic heterocycles. The molecule has 0 spiro atoms. The molecule has 1 saturated carbocycles. The Hall–Kier alpha value is -1.75. The summed E-state index contributed by atoms with van der Waals surface area (Å²) in [7, 11) is 1.62. The molecule has 1 heterocycles. The molecule has 1 aromatic carbocycles. The van der Waals surface area contributed by atoms with Gasteiger partial charge in [0.1, 0.15) is 0 Å². The minimum Gasteiger partial charge on any atom is -0.454 e. The van der Waals surface area contributed by atoms with Gasteiger partial charge in [0.15, 0.2) is 11.5 Å². The fraction of sp³-hybridized carbons (Fsp3) is 0.500. The van der Waals surface area contributed by atoms with Gasteiger partial charge in [-0.1, -0.05) is 6.07 Å². The van der Waals surface area contributed by atoms with E-state index in [2.05, 4.69) is 5.32 Å². The summed E-state index contributed by atoms with van der Waals surface area (Å²) in [6.07, 6.45) is 1.76. The van der Waals surface area contributed by atoms with Gasteiger partial charge in [0.05, 0.1) is 12.0 Å². The average Bonchev–Trinajstić information content (AvgIpc) is 3.11. The fourth-order valence-electron chi connectivity index (χ4n) is 2.40. The lowest BCUT2D eigenvalue weighted by Crippen LogP contribution is -2.36. The Morgan fingerprint density at radius 3 is 2.89 bits per heavy atom. The molecule has 1 amide bonds. The lowest BCUT2D eigenvalue weighted by Gasteiger charge is -2.16. The average molecular weight is 263 g/mol. The Kier molecular flexibility index (Phi) is 3.06. The highest BCUT2D eigenvalue weighted by Crippen LogP contribution is 2.50. The highest BCUT2D eigenvalue weighted by atomic mass is 16.7. The maximum Gasteiger partial charge on any atom is 0.231 e. The highest BCUT2D eigenvalue weighted by Gasteiger charge is 2.51. The molecular weight excluding hydrogens is 246 g/mol. The first-order valence-corrected chi connectivity index (χ1v) is 6.44. The molecule has 1 N–H and O–H groups in total. The van der Waals surface area contributed by atoms with E-state index in [0.29, 0.717) is 13.2 Å². The van der Waals surface area contributed by atoms with Crippen LogP contribution in [0.5, 0.6) is 11.5 Å². The number of benzene rings is 1. The number of hydrogen-bond donors (Lipinski definition) is 1. The van der Waals surface area contributed by atoms with Crippen LogP contribution in [-0.4, -0.2) is 33.0 Å². The zero-order chi connectivity index (χ0) is 13.3. The number of carbonyl (C=O) groups excluding carboxylic acids is 1. The molecule has 0 atom stereocenters. The number of hydrogen-bond acceptors (Lipinski definition) is 4. The largest absolute Gasteiger partial charge is 0.454 e. The van der Waals surface area contributed by atoms with Crippen LogP contribution >= 0.6 is 0 Å². The quantitative estimate of drug-likeness (QED) is 0.811. The van der Waals surface area contributed by atoms with Gasteiger partial charge in [-0.3, -0.25) is 4.79 Å². The topological polar surface area (TPSA) is 56.8 Å². The van der Waals surface area contributed by atoms with Crippen LogP contribution in [0.3, 0.4) is 0 Å². The van der Waals surface area contributed by atoms with Crippen LogP contribution in [-0.2, 0) is 14.9 Å². The van der Waals surface area contributed by atoms with E-state index >= 15 is 0 Å². The molecule has 2 aliphatic rings. The van der Waals surface area contributed by atoms with Crippen molar-refractivity contribution in [3.05, 3.63) is 23.8 Å². The number of nitrogens with one attached hydrogen (secondary N) is 1. The second-order valence-electron chi connectivity index (χ2n) is 4.90. The predicted molar refractivity (Wildman–Crippen MR) is 68.4 cm³/mol. The van der Waals surface area contributed by atoms with Gasteiger partial charge in [0, 0.05) is 13.7 Å². The van der Waals surface area contributed by atoms with Crippen molar-refractivity contribution in [2.24, 2.45) is 0 Å². The molecule has 3 rings (SSSR count). The van der Waals surface area contributed by atoms with Gasteiger partial charge < -0.3 is 19.5 Å². The van der Waals surface area contributed by atoms with Crippen molar-refractivity contribution in [2.75, 3.05) is 27.1 Å². The summed E-state index contributed by atoms with van der Waals surface area (Å²) in [6, 6.07) is 5.75. The number of methoxy groups -OCH3 is 1. The lowest BCUT2D eigenvalue weighted by molar-refractivity contribution is -0.123. The molecule has 1 fully saturated rings. The summed E-state index contributed by atoms with van der Waals surface area (Å²) in [5.74, 6) is 1.55. The van der Waals surface area contributed by atoms with E-state index in [-0.39, 0.29) is 18.1 Å². The van der Waals surface area contributed by atoms with E-state index in [1.807, 2.05) is 18.2 Å². The van der Waals surface area contributed by atoms with E-state index in [1.54, 1.807) is 7.11 Å². The van der Waals surface area contributed by atoms with Crippen LogP contribution in [0.1, 0.15) is 18.4 Å². The van der Waals surface area contributed by atoms with E-state index < -0.39 is 0 Å². The third-order valence-corrected chi connectivity index (χ3v) is 3.70. The second-order valence-corrected chi connectivity index (χ2v) is 4.90. The first-order chi connectivity index (χ1) is 9.26. The van der Waals surface area contributed by atoms with Gasteiger partial charge in [-0.2, -0.15) is 0 Å². The normalized spacial score (nSPS) is 18.2. The SMILES string of the molecule is COCCNC(=O)C1(c2ccc3c(c2)OCO3)CC1. The molecule has 5 nitrogen and oxygen atoms in total. The maximum atomic E-state index is 12.3. The molecule has 5 heteroatoms. The Labute approximate surface area is 111 Å². The summed E-state index contributed by atoms with van der Waals surface area (Å²) < 4.78 is 15.6. The summed E-state index contributed by atoms with van der Waals surface area (Å²) in [4.78, 5) is 12.3. The van der Waals surface area contributed by atoms with Gasteiger partial charge in [-0.15, -0.1) is 0 Å². The van der Waals surface area contributed by atoms with Gasteiger partial charge in [0.2, 0.25) is 12.7 Å². The number of rotatable bonds is 5. The van der Waals surface area contributed by atoms with Crippen molar-refractivity contribution >= 4 is 5.91 Å². The van der Waals surface area contributed by atoms with Gasteiger partial charge in [-0.05, 0) is 30.5 Å². The fourth-order valence-corrected chi connectivity index (χ4v) is 2.40. The Morgan fingerprint density at radius 1 is 1.37 bits per heavy atom. The molecular formula is C14H17NO4. The van der Waals surface area contributed by atoms with Crippen LogP contribution in [0, 0.1) is 0 Å². The monoisotopic (exact) mass is 263 g/mol. The smallest absolute Gasteiger partial charge is 0.231 e. The Bertz CT molecular complexity index is 496. The van der Waals surface area contributed by atoms with E-state index in [9.17, 15) is 4.79 Å². The number of ether oxygens (including phenoxy) is 3. The first-order valence-electron chi connectivity index (χ1n) is 6.44. The third-order valence-electron chi connectivity index (χ3n) is 3.70. The zero-order valence-corrected chi connectivity index (χ0v) is 10.9. The van der Waals surface area contributed by atoms with Gasteiger partial charge >= 0.3 is 0 Å². The molecule has 0 bridgehead atoms. The molecule has 0 saturated heterocycles. The Morgan fingerprint density at radius 2 is 2.16 bits per heavy atom. The van der Waals surface area contributed by atoms with Crippen LogP contribution in [0.2, 0.25) is 0 Å². The van der Waals surface area contributed by atoms with Crippen molar-refractivity contribution in [2.45, 2.75) is 18.3 Å². The number of carbonyl (C=O) groups is 1. The van der Waals surface area contributed by atoms with Crippen molar-refractivity contribution in [1.29, 1.82) is 0 Å². The molecule has 0 radical (unpaired) electrons. The molecule has 19 heavy (non-hydrogen) atoms. The van der Waals surface area contributed by atoms with Crippen molar-refractivity contribution < 1.29 is 19.0 Å². The van der Waals surface area contributed by atoms with Crippen LogP contribution in [0.15, 0.2) is 18.2 Å². The molecule has 0 unspecified atom stereocenters. The summed E-state index contributed by atoms with van der Waals surface area (Å²) >= 11 is 0. The van der Waals surface area contributed by atoms with Gasteiger partial charge in [-0.25, -0.2) is 0 Å². The number of fused-ring (bicyclic) bond motifs is 1. The van der Waals surface area contributed by atoms with E-state index in [0.717, 1.165) is 29.9 Å². The van der Waals surface area contributed by atoms with Crippen LogP contribution < -0.4 is 14.8 Å².